The van der Waals surface area contributed by atoms with Crippen LogP contribution in [-0.2, 0) is 29.1 Å². The summed E-state index contributed by atoms with van der Waals surface area (Å²) in [5, 5.41) is 22.1. The third kappa shape index (κ3) is 5.76. The first-order chi connectivity index (χ1) is 18.3. The molecule has 0 bridgehead atoms. The molecule has 38 heavy (non-hydrogen) atoms. The van der Waals surface area contributed by atoms with Crippen molar-refractivity contribution in [3.8, 4) is 16.9 Å². The molecule has 3 aromatic carbocycles. The van der Waals surface area contributed by atoms with Crippen molar-refractivity contribution in [2.24, 2.45) is 5.73 Å². The smallest absolute Gasteiger partial charge is 0.411 e. The Bertz CT molecular complexity index is 1510. The molecule has 0 unspecified atom stereocenters. The molecular formula is C28H26N2O8. The molecule has 0 atom stereocenters. The van der Waals surface area contributed by atoms with Crippen molar-refractivity contribution in [2.45, 2.75) is 26.5 Å². The summed E-state index contributed by atoms with van der Waals surface area (Å²) in [7, 11) is 0. The van der Waals surface area contributed by atoms with Crippen molar-refractivity contribution in [3.05, 3.63) is 83.1 Å². The van der Waals surface area contributed by atoms with Crippen LogP contribution in [0, 0.1) is 0 Å². The highest BCUT2D eigenvalue weighted by molar-refractivity contribution is 6.04. The van der Waals surface area contributed by atoms with Gasteiger partial charge in [-0.2, -0.15) is 0 Å². The minimum absolute atomic E-state index is 0.131. The number of anilines is 1. The molecule has 0 aliphatic heterocycles. The number of rotatable bonds is 10. The number of fused-ring (bicyclic) bond motifs is 1. The third-order valence-electron chi connectivity index (χ3n) is 5.78. The minimum atomic E-state index is -1.33. The molecule has 5 N–H and O–H groups in total. The second kappa shape index (κ2) is 11.5. The van der Waals surface area contributed by atoms with Crippen LogP contribution in [0.5, 0.6) is 5.75 Å². The van der Waals surface area contributed by atoms with Gasteiger partial charge in [-0.05, 0) is 47.9 Å². The molecule has 1 amide bonds. The van der Waals surface area contributed by atoms with Gasteiger partial charge in [-0.1, -0.05) is 36.4 Å². The molecule has 4 aromatic rings. The summed E-state index contributed by atoms with van der Waals surface area (Å²) >= 11 is 0. The molecule has 0 saturated heterocycles. The summed E-state index contributed by atoms with van der Waals surface area (Å²) in [6, 6.07) is 17.5. The number of amides is 1. The van der Waals surface area contributed by atoms with Crippen molar-refractivity contribution in [2.75, 3.05) is 11.9 Å². The lowest BCUT2D eigenvalue weighted by Crippen LogP contribution is -2.13. The number of aromatic carboxylic acids is 1. The molecule has 196 valence electrons. The van der Waals surface area contributed by atoms with Crippen LogP contribution >= 0.6 is 0 Å². The van der Waals surface area contributed by atoms with Crippen LogP contribution < -0.4 is 15.8 Å². The maximum Gasteiger partial charge on any atom is 0.411 e. The lowest BCUT2D eigenvalue weighted by molar-refractivity contribution is -0.136. The fourth-order valence-corrected chi connectivity index (χ4v) is 4.08. The Balaban J connectivity index is 1.85. The summed E-state index contributed by atoms with van der Waals surface area (Å²) in [6.45, 7) is 1.90. The molecule has 0 saturated carbocycles. The predicted molar refractivity (Wildman–Crippen MR) is 139 cm³/mol. The van der Waals surface area contributed by atoms with E-state index in [-0.39, 0.29) is 42.2 Å². The van der Waals surface area contributed by atoms with E-state index in [1.807, 2.05) is 24.3 Å². The SMILES string of the molecule is CCOC(=O)Nc1cc(-c2cccc(CN)c2)cc2c(COc3ccccc3CC(=O)O)c(C(=O)O)oc12. The van der Waals surface area contributed by atoms with Crippen molar-refractivity contribution in [1.82, 2.24) is 0 Å². The van der Waals surface area contributed by atoms with Gasteiger partial charge in [0.15, 0.2) is 5.58 Å². The van der Waals surface area contributed by atoms with E-state index in [0.29, 0.717) is 28.8 Å². The largest absolute Gasteiger partial charge is 0.488 e. The summed E-state index contributed by atoms with van der Waals surface area (Å²) < 4.78 is 16.6. The van der Waals surface area contributed by atoms with Crippen LogP contribution in [0.3, 0.4) is 0 Å². The molecule has 0 aliphatic rings. The van der Waals surface area contributed by atoms with E-state index in [1.165, 1.54) is 0 Å². The second-order valence-electron chi connectivity index (χ2n) is 8.33. The van der Waals surface area contributed by atoms with Crippen molar-refractivity contribution in [1.29, 1.82) is 0 Å². The van der Waals surface area contributed by atoms with Gasteiger partial charge in [0, 0.05) is 17.5 Å². The number of ether oxygens (including phenoxy) is 2. The highest BCUT2D eigenvalue weighted by Crippen LogP contribution is 2.37. The third-order valence-corrected chi connectivity index (χ3v) is 5.78. The fraction of sp³-hybridized carbons (Fsp3) is 0.179. The van der Waals surface area contributed by atoms with Gasteiger partial charge in [-0.25, -0.2) is 9.59 Å². The molecule has 0 radical (unpaired) electrons. The lowest BCUT2D eigenvalue weighted by Gasteiger charge is -2.12. The Kier molecular flexibility index (Phi) is 7.93. The molecule has 1 aromatic heterocycles. The summed E-state index contributed by atoms with van der Waals surface area (Å²) in [5.41, 5.74) is 9.17. The average molecular weight is 519 g/mol. The fourth-order valence-electron chi connectivity index (χ4n) is 4.08. The maximum atomic E-state index is 12.3. The minimum Gasteiger partial charge on any atom is -0.488 e. The van der Waals surface area contributed by atoms with Crippen molar-refractivity contribution in [3.63, 3.8) is 0 Å². The number of carboxylic acid groups (broad SMARTS) is 2. The average Bonchev–Trinajstić information content (AvgIpc) is 3.27. The van der Waals surface area contributed by atoms with Gasteiger partial charge >= 0.3 is 18.0 Å². The number of carboxylic acids is 2. The van der Waals surface area contributed by atoms with E-state index in [0.717, 1.165) is 11.1 Å². The van der Waals surface area contributed by atoms with E-state index in [1.54, 1.807) is 43.3 Å². The van der Waals surface area contributed by atoms with E-state index < -0.39 is 18.0 Å². The zero-order chi connectivity index (χ0) is 27.2. The second-order valence-corrected chi connectivity index (χ2v) is 8.33. The Morgan fingerprint density at radius 1 is 1.00 bits per heavy atom. The molecular weight excluding hydrogens is 492 g/mol. The highest BCUT2D eigenvalue weighted by atomic mass is 16.5. The first-order valence-corrected chi connectivity index (χ1v) is 11.8. The monoisotopic (exact) mass is 518 g/mol. The van der Waals surface area contributed by atoms with Crippen LogP contribution in [-0.4, -0.2) is 34.9 Å². The van der Waals surface area contributed by atoms with Crippen molar-refractivity contribution < 1.29 is 38.5 Å². The molecule has 0 aliphatic carbocycles. The molecule has 0 fully saturated rings. The standard InChI is InChI=1S/C28H26N2O8/c1-2-36-28(35)30-22-12-19(17-8-5-6-16(10-17)14-29)11-20-21(26(27(33)34)38-25(20)22)15-37-23-9-4-3-7-18(23)13-24(31)32/h3-12H,2,13-15,29H2,1H3,(H,30,35)(H,31,32)(H,33,34). The number of nitrogens with two attached hydrogens (primary N) is 1. The Morgan fingerprint density at radius 3 is 2.50 bits per heavy atom. The van der Waals surface area contributed by atoms with Gasteiger partial charge in [0.2, 0.25) is 5.76 Å². The first kappa shape index (κ1) is 26.2. The number of nitrogens with one attached hydrogen (secondary N) is 1. The van der Waals surface area contributed by atoms with Crippen LogP contribution in [0.1, 0.15) is 34.2 Å². The van der Waals surface area contributed by atoms with Gasteiger partial charge in [0.1, 0.15) is 12.4 Å². The van der Waals surface area contributed by atoms with E-state index in [2.05, 4.69) is 5.32 Å². The highest BCUT2D eigenvalue weighted by Gasteiger charge is 2.25. The normalized spacial score (nSPS) is 10.8. The Hall–Kier alpha value is -4.83. The predicted octanol–water partition coefficient (Wildman–Crippen LogP) is 5.03. The first-order valence-electron chi connectivity index (χ1n) is 11.8. The van der Waals surface area contributed by atoms with Gasteiger partial charge in [0.05, 0.1) is 24.3 Å². The summed E-state index contributed by atoms with van der Waals surface area (Å²) in [4.78, 5) is 35.7. The van der Waals surface area contributed by atoms with Crippen LogP contribution in [0.2, 0.25) is 0 Å². The summed E-state index contributed by atoms with van der Waals surface area (Å²) in [5.74, 6) is -2.42. The quantitative estimate of drug-likeness (QED) is 0.226. The zero-order valence-electron chi connectivity index (χ0n) is 20.5. The number of hydrogen-bond donors (Lipinski definition) is 4. The Labute approximate surface area is 217 Å². The molecule has 4 rings (SSSR count). The molecule has 10 heteroatoms. The Morgan fingerprint density at radius 2 is 1.79 bits per heavy atom. The van der Waals surface area contributed by atoms with E-state index in [4.69, 9.17) is 19.6 Å². The number of carbonyl (C=O) groups excluding carboxylic acids is 1. The maximum absolute atomic E-state index is 12.3. The van der Waals surface area contributed by atoms with Gasteiger partial charge < -0.3 is 29.8 Å². The van der Waals surface area contributed by atoms with E-state index >= 15 is 0 Å². The van der Waals surface area contributed by atoms with Gasteiger partial charge in [-0.15, -0.1) is 0 Å². The molecule has 1 heterocycles. The summed E-state index contributed by atoms with van der Waals surface area (Å²) in [6.07, 6.45) is -0.987. The lowest BCUT2D eigenvalue weighted by atomic mass is 9.99. The van der Waals surface area contributed by atoms with Gasteiger partial charge in [-0.3, -0.25) is 10.1 Å². The van der Waals surface area contributed by atoms with Crippen LogP contribution in [0.4, 0.5) is 10.5 Å². The number of carbonyl (C=O) groups is 3. The zero-order valence-corrected chi connectivity index (χ0v) is 20.5. The topological polar surface area (TPSA) is 161 Å². The number of hydrogen-bond acceptors (Lipinski definition) is 7. The number of benzene rings is 3. The van der Waals surface area contributed by atoms with Crippen LogP contribution in [0.15, 0.2) is 65.1 Å². The van der Waals surface area contributed by atoms with Crippen molar-refractivity contribution >= 4 is 34.7 Å². The van der Waals surface area contributed by atoms with E-state index in [9.17, 15) is 24.6 Å². The molecule has 0 spiro atoms. The number of aliphatic carboxylic acids is 1. The molecule has 10 nitrogen and oxygen atoms in total. The van der Waals surface area contributed by atoms with Crippen LogP contribution in [0.25, 0.3) is 22.1 Å². The van der Waals surface area contributed by atoms with Gasteiger partial charge in [0.25, 0.3) is 0 Å². The number of furan rings is 1. The number of para-hydroxylation sites is 1.